The average molecular weight is 284 g/mol. The topological polar surface area (TPSA) is 70.9 Å². The Morgan fingerprint density at radius 3 is 2.62 bits per heavy atom. The molecule has 0 heterocycles. The molecule has 0 aliphatic heterocycles. The van der Waals surface area contributed by atoms with Crippen LogP contribution >= 0.6 is 0 Å². The minimum absolute atomic E-state index is 0.0201. The SMILES string of the molecule is COc1cccc(/C=N/NC(=O)c2ccc(C)cc2)c1O. The number of nitrogens with zero attached hydrogens (tertiary/aromatic N) is 1. The molecule has 1 amide bonds. The molecule has 0 unspecified atom stereocenters. The lowest BCUT2D eigenvalue weighted by molar-refractivity contribution is 0.0955. The van der Waals surface area contributed by atoms with Crippen molar-refractivity contribution in [3.8, 4) is 11.5 Å². The fourth-order valence-corrected chi connectivity index (χ4v) is 1.74. The highest BCUT2D eigenvalue weighted by atomic mass is 16.5. The number of carbonyl (C=O) groups is 1. The van der Waals surface area contributed by atoms with Crippen molar-refractivity contribution in [2.75, 3.05) is 7.11 Å². The van der Waals surface area contributed by atoms with Crippen LogP contribution in [0.4, 0.5) is 0 Å². The Morgan fingerprint density at radius 1 is 1.24 bits per heavy atom. The van der Waals surface area contributed by atoms with E-state index in [2.05, 4.69) is 10.5 Å². The zero-order chi connectivity index (χ0) is 15.2. The molecule has 2 aromatic carbocycles. The van der Waals surface area contributed by atoms with Gasteiger partial charge < -0.3 is 9.84 Å². The van der Waals surface area contributed by atoms with E-state index in [4.69, 9.17) is 4.74 Å². The molecule has 21 heavy (non-hydrogen) atoms. The molecule has 0 spiro atoms. The highest BCUT2D eigenvalue weighted by molar-refractivity contribution is 5.95. The van der Waals surface area contributed by atoms with Crippen molar-refractivity contribution < 1.29 is 14.6 Å². The molecule has 0 bridgehead atoms. The van der Waals surface area contributed by atoms with Crippen LogP contribution in [0.5, 0.6) is 11.5 Å². The van der Waals surface area contributed by atoms with Gasteiger partial charge in [0.05, 0.1) is 13.3 Å². The van der Waals surface area contributed by atoms with Crippen LogP contribution in [0.2, 0.25) is 0 Å². The third-order valence-corrected chi connectivity index (χ3v) is 2.93. The maximum absolute atomic E-state index is 11.8. The molecule has 5 nitrogen and oxygen atoms in total. The highest BCUT2D eigenvalue weighted by Gasteiger charge is 2.06. The third kappa shape index (κ3) is 3.60. The van der Waals surface area contributed by atoms with E-state index < -0.39 is 0 Å². The first-order valence-electron chi connectivity index (χ1n) is 6.38. The summed E-state index contributed by atoms with van der Waals surface area (Å²) in [6.07, 6.45) is 1.37. The molecule has 2 rings (SSSR count). The standard InChI is InChI=1S/C16H16N2O3/c1-11-6-8-12(9-7-11)16(20)18-17-10-13-4-3-5-14(21-2)15(13)19/h3-10,19H,1-2H3,(H,18,20)/b17-10+. The fourth-order valence-electron chi connectivity index (χ4n) is 1.74. The largest absolute Gasteiger partial charge is 0.504 e. The molecule has 2 aromatic rings. The van der Waals surface area contributed by atoms with E-state index >= 15 is 0 Å². The van der Waals surface area contributed by atoms with Crippen LogP contribution in [-0.2, 0) is 0 Å². The van der Waals surface area contributed by atoms with Gasteiger partial charge in [0.1, 0.15) is 0 Å². The van der Waals surface area contributed by atoms with Gasteiger partial charge >= 0.3 is 0 Å². The minimum Gasteiger partial charge on any atom is -0.504 e. The van der Waals surface area contributed by atoms with Crippen LogP contribution in [0, 0.1) is 6.92 Å². The first-order valence-corrected chi connectivity index (χ1v) is 6.38. The number of hydrazone groups is 1. The van der Waals surface area contributed by atoms with E-state index in [9.17, 15) is 9.90 Å². The lowest BCUT2D eigenvalue weighted by atomic mass is 10.1. The highest BCUT2D eigenvalue weighted by Crippen LogP contribution is 2.27. The smallest absolute Gasteiger partial charge is 0.271 e. The molecule has 2 N–H and O–H groups in total. The number of ether oxygens (including phenoxy) is 1. The van der Waals surface area contributed by atoms with Crippen LogP contribution in [0.15, 0.2) is 47.6 Å². The Labute approximate surface area is 122 Å². The van der Waals surface area contributed by atoms with E-state index in [1.807, 2.05) is 19.1 Å². The normalized spacial score (nSPS) is 10.6. The fraction of sp³-hybridized carbons (Fsp3) is 0.125. The molecule has 0 saturated heterocycles. The van der Waals surface area contributed by atoms with Gasteiger partial charge in [0.2, 0.25) is 0 Å². The third-order valence-electron chi connectivity index (χ3n) is 2.93. The summed E-state index contributed by atoms with van der Waals surface area (Å²) in [5.41, 5.74) is 4.47. The Balaban J connectivity index is 2.05. The number of methoxy groups -OCH3 is 1. The summed E-state index contributed by atoms with van der Waals surface area (Å²) in [5.74, 6) is 0.0192. The molecule has 0 aliphatic carbocycles. The quantitative estimate of drug-likeness (QED) is 0.669. The lowest BCUT2D eigenvalue weighted by Gasteiger charge is -2.05. The number of carbonyl (C=O) groups excluding carboxylic acids is 1. The number of phenols is 1. The van der Waals surface area contributed by atoms with Crippen molar-refractivity contribution in [3.63, 3.8) is 0 Å². The zero-order valence-electron chi connectivity index (χ0n) is 11.8. The lowest BCUT2D eigenvalue weighted by Crippen LogP contribution is -2.17. The van der Waals surface area contributed by atoms with Crippen molar-refractivity contribution in [2.24, 2.45) is 5.10 Å². The number of aryl methyl sites for hydroxylation is 1. The van der Waals surface area contributed by atoms with E-state index in [0.29, 0.717) is 16.9 Å². The molecule has 108 valence electrons. The predicted molar refractivity (Wildman–Crippen MR) is 80.9 cm³/mol. The molecular formula is C16H16N2O3. The van der Waals surface area contributed by atoms with Crippen LogP contribution in [0.25, 0.3) is 0 Å². The number of phenolic OH excluding ortho intramolecular Hbond substituents is 1. The maximum atomic E-state index is 11.8. The van der Waals surface area contributed by atoms with Gasteiger partial charge in [0.15, 0.2) is 11.5 Å². The molecule has 0 atom stereocenters. The molecule has 0 aliphatic rings. The minimum atomic E-state index is -0.311. The number of hydrogen-bond donors (Lipinski definition) is 2. The number of rotatable bonds is 4. The Kier molecular flexibility index (Phi) is 4.56. The van der Waals surface area contributed by atoms with Gasteiger partial charge in [0.25, 0.3) is 5.91 Å². The summed E-state index contributed by atoms with van der Waals surface area (Å²) in [7, 11) is 1.47. The second-order valence-corrected chi connectivity index (χ2v) is 4.46. The summed E-state index contributed by atoms with van der Waals surface area (Å²) in [6.45, 7) is 1.95. The van der Waals surface area contributed by atoms with Crippen molar-refractivity contribution in [2.45, 2.75) is 6.92 Å². The van der Waals surface area contributed by atoms with Gasteiger partial charge in [-0.15, -0.1) is 0 Å². The molecule has 5 heteroatoms. The number of amides is 1. The summed E-state index contributed by atoms with van der Waals surface area (Å²) in [6, 6.07) is 12.2. The van der Waals surface area contributed by atoms with Crippen LogP contribution < -0.4 is 10.2 Å². The molecule has 0 aromatic heterocycles. The number of aromatic hydroxyl groups is 1. The van der Waals surface area contributed by atoms with Crippen LogP contribution in [-0.4, -0.2) is 24.3 Å². The average Bonchev–Trinajstić information content (AvgIpc) is 2.49. The van der Waals surface area contributed by atoms with Crippen LogP contribution in [0.1, 0.15) is 21.5 Å². The maximum Gasteiger partial charge on any atom is 0.271 e. The van der Waals surface area contributed by atoms with Gasteiger partial charge in [-0.1, -0.05) is 23.8 Å². The van der Waals surface area contributed by atoms with Crippen LogP contribution in [0.3, 0.4) is 0 Å². The number of benzene rings is 2. The monoisotopic (exact) mass is 284 g/mol. The van der Waals surface area contributed by atoms with Crippen molar-refractivity contribution in [1.82, 2.24) is 5.43 Å². The molecular weight excluding hydrogens is 268 g/mol. The van der Waals surface area contributed by atoms with E-state index in [1.54, 1.807) is 30.3 Å². The summed E-state index contributed by atoms with van der Waals surface area (Å²) < 4.78 is 4.99. The summed E-state index contributed by atoms with van der Waals surface area (Å²) in [4.78, 5) is 11.8. The molecule has 0 saturated carbocycles. The first-order chi connectivity index (χ1) is 10.1. The summed E-state index contributed by atoms with van der Waals surface area (Å²) >= 11 is 0. The Hall–Kier alpha value is -2.82. The predicted octanol–water partition coefficient (Wildman–Crippen LogP) is 2.47. The number of hydrogen-bond acceptors (Lipinski definition) is 4. The van der Waals surface area contributed by atoms with Gasteiger partial charge in [0, 0.05) is 11.1 Å². The molecule has 0 radical (unpaired) electrons. The molecule has 0 fully saturated rings. The van der Waals surface area contributed by atoms with Gasteiger partial charge in [-0.25, -0.2) is 5.43 Å². The Bertz CT molecular complexity index is 664. The Morgan fingerprint density at radius 2 is 1.95 bits per heavy atom. The second-order valence-electron chi connectivity index (χ2n) is 4.46. The van der Waals surface area contributed by atoms with E-state index in [-0.39, 0.29) is 11.7 Å². The van der Waals surface area contributed by atoms with E-state index in [0.717, 1.165) is 5.56 Å². The van der Waals surface area contributed by atoms with Crippen molar-refractivity contribution in [3.05, 3.63) is 59.2 Å². The van der Waals surface area contributed by atoms with Gasteiger partial charge in [-0.2, -0.15) is 5.10 Å². The number of nitrogens with one attached hydrogen (secondary N) is 1. The number of para-hydroxylation sites is 1. The van der Waals surface area contributed by atoms with Crippen molar-refractivity contribution in [1.29, 1.82) is 0 Å². The van der Waals surface area contributed by atoms with Gasteiger partial charge in [-0.3, -0.25) is 4.79 Å². The first kappa shape index (κ1) is 14.6. The van der Waals surface area contributed by atoms with Crippen molar-refractivity contribution >= 4 is 12.1 Å². The second kappa shape index (κ2) is 6.56. The zero-order valence-corrected chi connectivity index (χ0v) is 11.8. The summed E-state index contributed by atoms with van der Waals surface area (Å²) in [5, 5.41) is 13.7. The van der Waals surface area contributed by atoms with Gasteiger partial charge in [-0.05, 0) is 31.2 Å². The van der Waals surface area contributed by atoms with E-state index in [1.165, 1.54) is 13.3 Å².